The average molecular weight is 663 g/mol. The average Bonchev–Trinajstić information content (AvgIpc) is 3.73. The molecule has 0 amide bonds. The van der Waals surface area contributed by atoms with E-state index in [1.54, 1.807) is 0 Å². The minimum Gasteiger partial charge on any atom is -0.307 e. The van der Waals surface area contributed by atoms with Crippen LogP contribution in [0.3, 0.4) is 0 Å². The van der Waals surface area contributed by atoms with E-state index >= 15 is 0 Å². The van der Waals surface area contributed by atoms with Gasteiger partial charge in [-0.05, 0) is 64.2 Å². The lowest BCUT2D eigenvalue weighted by molar-refractivity contribution is 1.09. The number of pyridine rings is 1. The van der Waals surface area contributed by atoms with Crippen LogP contribution in [-0.2, 0) is 0 Å². The van der Waals surface area contributed by atoms with Gasteiger partial charge in [0.1, 0.15) is 0 Å². The van der Waals surface area contributed by atoms with E-state index in [1.165, 1.54) is 32.7 Å². The van der Waals surface area contributed by atoms with Crippen molar-refractivity contribution in [3.05, 3.63) is 188 Å². The van der Waals surface area contributed by atoms with Gasteiger partial charge in [-0.15, -0.1) is 0 Å². The molecule has 0 spiro atoms. The van der Waals surface area contributed by atoms with Crippen molar-refractivity contribution in [1.29, 1.82) is 5.26 Å². The summed E-state index contributed by atoms with van der Waals surface area (Å²) in [5.74, 6) is 0. The topological polar surface area (TPSA) is 46.5 Å². The molecular formula is C48H30N4. The molecule has 10 rings (SSSR count). The van der Waals surface area contributed by atoms with Crippen molar-refractivity contribution >= 4 is 43.6 Å². The second-order valence-corrected chi connectivity index (χ2v) is 13.1. The molecule has 3 heterocycles. The highest BCUT2D eigenvalue weighted by molar-refractivity contribution is 6.12. The predicted octanol–water partition coefficient (Wildman–Crippen LogP) is 12.1. The first-order valence-electron chi connectivity index (χ1n) is 17.4. The van der Waals surface area contributed by atoms with Gasteiger partial charge in [0.15, 0.2) is 0 Å². The Morgan fingerprint density at radius 1 is 0.385 bits per heavy atom. The standard InChI is InChI=1S/C48H30N4/c49-29-32-19-21-35(22-20-32)48-46(51-42-17-9-7-15-38(42)40-25-23-36(27-44(40)51)33-11-3-1-4-12-33)30-50-31-47(48)52-43-18-10-8-16-39(43)41-26-24-37(28-45(41)52)34-13-5-2-6-14-34/h1-28,30-31H. The number of aromatic nitrogens is 3. The van der Waals surface area contributed by atoms with E-state index in [0.29, 0.717) is 5.56 Å². The smallest absolute Gasteiger partial charge is 0.0991 e. The summed E-state index contributed by atoms with van der Waals surface area (Å²) in [5, 5.41) is 14.5. The van der Waals surface area contributed by atoms with Crippen LogP contribution in [0.5, 0.6) is 0 Å². The van der Waals surface area contributed by atoms with E-state index in [1.807, 2.05) is 24.5 Å². The maximum Gasteiger partial charge on any atom is 0.0991 e. The predicted molar refractivity (Wildman–Crippen MR) is 214 cm³/mol. The molecule has 10 aromatic rings. The molecule has 3 aromatic heterocycles. The highest BCUT2D eigenvalue weighted by Crippen LogP contribution is 2.42. The van der Waals surface area contributed by atoms with Crippen molar-refractivity contribution in [2.24, 2.45) is 0 Å². The maximum atomic E-state index is 9.75. The van der Waals surface area contributed by atoms with Crippen molar-refractivity contribution in [3.8, 4) is 50.8 Å². The molecule has 0 unspecified atom stereocenters. The monoisotopic (exact) mass is 662 g/mol. The summed E-state index contributed by atoms with van der Waals surface area (Å²) >= 11 is 0. The quantitative estimate of drug-likeness (QED) is 0.184. The Morgan fingerprint density at radius 2 is 0.808 bits per heavy atom. The van der Waals surface area contributed by atoms with Gasteiger partial charge in [0.25, 0.3) is 0 Å². The molecule has 4 heteroatoms. The van der Waals surface area contributed by atoms with Crippen LogP contribution in [0.1, 0.15) is 5.56 Å². The van der Waals surface area contributed by atoms with Gasteiger partial charge in [-0.1, -0.05) is 133 Å². The number of benzene rings is 7. The number of fused-ring (bicyclic) bond motifs is 6. The van der Waals surface area contributed by atoms with Crippen molar-refractivity contribution in [1.82, 2.24) is 14.1 Å². The molecule has 0 saturated carbocycles. The maximum absolute atomic E-state index is 9.75. The van der Waals surface area contributed by atoms with Gasteiger partial charge in [-0.25, -0.2) is 0 Å². The molecule has 0 aliphatic heterocycles. The molecule has 4 nitrogen and oxygen atoms in total. The third-order valence-corrected chi connectivity index (χ3v) is 10.3. The number of hydrogen-bond donors (Lipinski definition) is 0. The van der Waals surface area contributed by atoms with Crippen LogP contribution in [0.4, 0.5) is 0 Å². The van der Waals surface area contributed by atoms with E-state index in [2.05, 4.69) is 173 Å². The molecule has 0 atom stereocenters. The first-order chi connectivity index (χ1) is 25.8. The zero-order valence-corrected chi connectivity index (χ0v) is 28.1. The van der Waals surface area contributed by atoms with Gasteiger partial charge in [0.05, 0.1) is 57.5 Å². The Balaban J connectivity index is 1.33. The minimum atomic E-state index is 0.620. The van der Waals surface area contributed by atoms with E-state index in [-0.39, 0.29) is 0 Å². The third-order valence-electron chi connectivity index (χ3n) is 10.3. The highest BCUT2D eigenvalue weighted by atomic mass is 15.0. The molecule has 242 valence electrons. The van der Waals surface area contributed by atoms with Crippen LogP contribution in [0.25, 0.3) is 88.4 Å². The number of nitriles is 1. The molecule has 0 N–H and O–H groups in total. The highest BCUT2D eigenvalue weighted by Gasteiger charge is 2.23. The van der Waals surface area contributed by atoms with Crippen molar-refractivity contribution < 1.29 is 0 Å². The number of nitrogens with zero attached hydrogens (tertiary/aromatic N) is 4. The summed E-state index contributed by atoms with van der Waals surface area (Å²) in [4.78, 5) is 5.01. The van der Waals surface area contributed by atoms with Crippen molar-refractivity contribution in [2.75, 3.05) is 0 Å². The molecule has 0 bridgehead atoms. The van der Waals surface area contributed by atoms with Gasteiger partial charge in [-0.2, -0.15) is 5.26 Å². The Hall–Kier alpha value is -7.22. The largest absolute Gasteiger partial charge is 0.307 e. The molecule has 0 aliphatic carbocycles. The molecular weight excluding hydrogens is 633 g/mol. The Bertz CT molecular complexity index is 2820. The number of hydrogen-bond acceptors (Lipinski definition) is 2. The SMILES string of the molecule is N#Cc1ccc(-c2c(-n3c4ccccc4c4ccc(-c5ccccc5)cc43)cncc2-n2c3ccccc3c3ccc(-c4ccccc4)cc32)cc1. The Labute approximate surface area is 300 Å². The lowest BCUT2D eigenvalue weighted by Gasteiger charge is -2.20. The van der Waals surface area contributed by atoms with Crippen LogP contribution in [0, 0.1) is 11.3 Å². The first kappa shape index (κ1) is 29.7. The van der Waals surface area contributed by atoms with E-state index < -0.39 is 0 Å². The second-order valence-electron chi connectivity index (χ2n) is 13.1. The Kier molecular flexibility index (Phi) is 6.84. The van der Waals surface area contributed by atoms with Crippen molar-refractivity contribution in [2.45, 2.75) is 0 Å². The van der Waals surface area contributed by atoms with Gasteiger partial charge >= 0.3 is 0 Å². The zero-order valence-electron chi connectivity index (χ0n) is 28.1. The van der Waals surface area contributed by atoms with Crippen molar-refractivity contribution in [3.63, 3.8) is 0 Å². The zero-order chi connectivity index (χ0) is 34.6. The third kappa shape index (κ3) is 4.65. The van der Waals surface area contributed by atoms with Crippen LogP contribution in [0.2, 0.25) is 0 Å². The fourth-order valence-corrected chi connectivity index (χ4v) is 7.87. The van der Waals surface area contributed by atoms with E-state index in [9.17, 15) is 5.26 Å². The van der Waals surface area contributed by atoms with Gasteiger partial charge < -0.3 is 9.13 Å². The summed E-state index contributed by atoms with van der Waals surface area (Å²) < 4.78 is 4.73. The minimum absolute atomic E-state index is 0.620. The van der Waals surface area contributed by atoms with E-state index in [0.717, 1.165) is 55.7 Å². The summed E-state index contributed by atoms with van der Waals surface area (Å²) in [6, 6.07) is 62.0. The van der Waals surface area contributed by atoms with Crippen LogP contribution in [-0.4, -0.2) is 14.1 Å². The normalized spacial score (nSPS) is 11.4. The fraction of sp³-hybridized carbons (Fsp3) is 0. The second kappa shape index (κ2) is 12.0. The lowest BCUT2D eigenvalue weighted by atomic mass is 10.0. The summed E-state index contributed by atoms with van der Waals surface area (Å²) in [5.41, 5.74) is 13.6. The molecule has 0 radical (unpaired) electrons. The molecule has 7 aromatic carbocycles. The molecule has 0 saturated heterocycles. The van der Waals surface area contributed by atoms with Gasteiger partial charge in [0.2, 0.25) is 0 Å². The summed E-state index contributed by atoms with van der Waals surface area (Å²) in [7, 11) is 0. The van der Waals surface area contributed by atoms with Gasteiger partial charge in [-0.3, -0.25) is 4.98 Å². The first-order valence-corrected chi connectivity index (χ1v) is 17.4. The van der Waals surface area contributed by atoms with Crippen LogP contribution in [0.15, 0.2) is 182 Å². The molecule has 52 heavy (non-hydrogen) atoms. The number of rotatable bonds is 5. The fourth-order valence-electron chi connectivity index (χ4n) is 7.87. The van der Waals surface area contributed by atoms with Gasteiger partial charge in [0, 0.05) is 27.1 Å². The van der Waals surface area contributed by atoms with Crippen LogP contribution >= 0.6 is 0 Å². The molecule has 0 aliphatic rings. The number of para-hydroxylation sites is 2. The summed E-state index contributed by atoms with van der Waals surface area (Å²) in [6.45, 7) is 0. The van der Waals surface area contributed by atoms with E-state index in [4.69, 9.17) is 4.98 Å². The Morgan fingerprint density at radius 3 is 1.29 bits per heavy atom. The lowest BCUT2D eigenvalue weighted by Crippen LogP contribution is -2.05. The summed E-state index contributed by atoms with van der Waals surface area (Å²) in [6.07, 6.45) is 3.97. The molecule has 0 fully saturated rings. The van der Waals surface area contributed by atoms with Crippen LogP contribution < -0.4 is 0 Å².